The Morgan fingerprint density at radius 2 is 1.62 bits per heavy atom. The zero-order valence-electron chi connectivity index (χ0n) is 17.8. The maximum Gasteiger partial charge on any atom is 0.264 e. The van der Waals surface area contributed by atoms with E-state index in [-0.39, 0.29) is 4.90 Å². The second kappa shape index (κ2) is 9.93. The van der Waals surface area contributed by atoms with Crippen LogP contribution in [0.1, 0.15) is 5.56 Å². The summed E-state index contributed by atoms with van der Waals surface area (Å²) in [6, 6.07) is 17.6. The fourth-order valence-corrected chi connectivity index (χ4v) is 4.53. The number of aryl methyl sites for hydroxylation is 1. The molecular weight excluding hydrogens is 452 g/mol. The molecule has 0 aliphatic carbocycles. The SMILES string of the molecule is COc1ccc(NC(=O)CN(c2ccc(Cl)cc2)S(=O)(=O)c2ccc(C)cc2)c(OC)c1. The largest absolute Gasteiger partial charge is 0.497 e. The lowest BCUT2D eigenvalue weighted by Gasteiger charge is -2.24. The molecule has 0 saturated heterocycles. The topological polar surface area (TPSA) is 84.9 Å². The third-order valence-corrected chi connectivity index (χ3v) is 6.73. The molecule has 0 atom stereocenters. The molecule has 0 spiro atoms. The van der Waals surface area contributed by atoms with Gasteiger partial charge in [0.2, 0.25) is 5.91 Å². The summed E-state index contributed by atoms with van der Waals surface area (Å²) in [6.45, 7) is 1.41. The predicted molar refractivity (Wildman–Crippen MR) is 125 cm³/mol. The van der Waals surface area contributed by atoms with Crippen LogP contribution in [-0.4, -0.2) is 35.1 Å². The van der Waals surface area contributed by atoms with Gasteiger partial charge < -0.3 is 14.8 Å². The molecule has 0 aliphatic rings. The number of nitrogens with zero attached hydrogens (tertiary/aromatic N) is 1. The molecule has 0 saturated carbocycles. The summed E-state index contributed by atoms with van der Waals surface area (Å²) in [5.74, 6) is 0.404. The average molecular weight is 475 g/mol. The van der Waals surface area contributed by atoms with E-state index in [1.807, 2.05) is 6.92 Å². The number of benzene rings is 3. The van der Waals surface area contributed by atoms with E-state index in [4.69, 9.17) is 21.1 Å². The lowest BCUT2D eigenvalue weighted by atomic mass is 10.2. The van der Waals surface area contributed by atoms with Crippen molar-refractivity contribution in [1.29, 1.82) is 0 Å². The van der Waals surface area contributed by atoms with Crippen molar-refractivity contribution in [1.82, 2.24) is 0 Å². The lowest BCUT2D eigenvalue weighted by molar-refractivity contribution is -0.114. The second-order valence-corrected chi connectivity index (χ2v) is 9.21. The number of nitrogens with one attached hydrogen (secondary N) is 1. The van der Waals surface area contributed by atoms with Gasteiger partial charge in [-0.15, -0.1) is 0 Å². The van der Waals surface area contributed by atoms with Gasteiger partial charge in [0.05, 0.1) is 30.5 Å². The van der Waals surface area contributed by atoms with Crippen molar-refractivity contribution in [3.05, 3.63) is 77.3 Å². The minimum absolute atomic E-state index is 0.0767. The number of halogens is 1. The Labute approximate surface area is 192 Å². The second-order valence-electron chi connectivity index (χ2n) is 6.92. The number of hydrogen-bond donors (Lipinski definition) is 1. The first kappa shape index (κ1) is 23.4. The number of methoxy groups -OCH3 is 2. The summed E-state index contributed by atoms with van der Waals surface area (Å²) in [7, 11) is -1.03. The highest BCUT2D eigenvalue weighted by Gasteiger charge is 2.27. The van der Waals surface area contributed by atoms with Gasteiger partial charge in [0.15, 0.2) is 0 Å². The van der Waals surface area contributed by atoms with Crippen LogP contribution in [0.4, 0.5) is 11.4 Å². The van der Waals surface area contributed by atoms with Crippen LogP contribution < -0.4 is 19.1 Å². The van der Waals surface area contributed by atoms with Crippen molar-refractivity contribution < 1.29 is 22.7 Å². The lowest BCUT2D eigenvalue weighted by Crippen LogP contribution is -2.38. The molecule has 9 heteroatoms. The number of carbonyl (C=O) groups is 1. The Kier molecular flexibility index (Phi) is 7.27. The summed E-state index contributed by atoms with van der Waals surface area (Å²) in [4.78, 5) is 13.0. The highest BCUT2D eigenvalue weighted by Crippen LogP contribution is 2.30. The third kappa shape index (κ3) is 5.33. The van der Waals surface area contributed by atoms with Crippen LogP contribution in [0.25, 0.3) is 0 Å². The average Bonchev–Trinajstić information content (AvgIpc) is 2.78. The van der Waals surface area contributed by atoms with Crippen molar-refractivity contribution in [2.75, 3.05) is 30.4 Å². The van der Waals surface area contributed by atoms with E-state index >= 15 is 0 Å². The molecular formula is C23H23ClN2O5S. The molecule has 0 aromatic heterocycles. The van der Waals surface area contributed by atoms with Crippen LogP contribution in [0.5, 0.6) is 11.5 Å². The molecule has 0 bridgehead atoms. The zero-order valence-corrected chi connectivity index (χ0v) is 19.4. The van der Waals surface area contributed by atoms with E-state index in [0.717, 1.165) is 9.87 Å². The number of anilines is 2. The van der Waals surface area contributed by atoms with Crippen LogP contribution in [-0.2, 0) is 14.8 Å². The molecule has 0 radical (unpaired) electrons. The summed E-state index contributed by atoms with van der Waals surface area (Å²) in [5, 5.41) is 3.16. The fraction of sp³-hybridized carbons (Fsp3) is 0.174. The Balaban J connectivity index is 1.93. The monoisotopic (exact) mass is 474 g/mol. The van der Waals surface area contributed by atoms with Crippen LogP contribution in [0.15, 0.2) is 71.6 Å². The van der Waals surface area contributed by atoms with Crippen molar-refractivity contribution in [2.24, 2.45) is 0 Å². The molecule has 3 aromatic carbocycles. The van der Waals surface area contributed by atoms with E-state index in [2.05, 4.69) is 5.32 Å². The molecule has 0 aliphatic heterocycles. The van der Waals surface area contributed by atoms with Gasteiger partial charge >= 0.3 is 0 Å². The van der Waals surface area contributed by atoms with Gasteiger partial charge in [-0.1, -0.05) is 29.3 Å². The predicted octanol–water partition coefficient (Wildman–Crippen LogP) is 4.50. The molecule has 1 N–H and O–H groups in total. The van der Waals surface area contributed by atoms with E-state index < -0.39 is 22.5 Å². The fourth-order valence-electron chi connectivity index (χ4n) is 2.98. The molecule has 168 valence electrons. The van der Waals surface area contributed by atoms with Gasteiger partial charge in [0, 0.05) is 11.1 Å². The normalized spacial score (nSPS) is 11.0. The van der Waals surface area contributed by atoms with Gasteiger partial charge in [0.25, 0.3) is 10.0 Å². The highest BCUT2D eigenvalue weighted by molar-refractivity contribution is 7.92. The van der Waals surface area contributed by atoms with Crippen molar-refractivity contribution in [2.45, 2.75) is 11.8 Å². The van der Waals surface area contributed by atoms with E-state index in [9.17, 15) is 13.2 Å². The van der Waals surface area contributed by atoms with Gasteiger partial charge in [-0.25, -0.2) is 8.42 Å². The van der Waals surface area contributed by atoms with Gasteiger partial charge in [-0.05, 0) is 55.5 Å². The molecule has 0 unspecified atom stereocenters. The van der Waals surface area contributed by atoms with E-state index in [0.29, 0.717) is 27.9 Å². The van der Waals surface area contributed by atoms with Gasteiger partial charge in [-0.2, -0.15) is 0 Å². The Morgan fingerprint density at radius 1 is 0.969 bits per heavy atom. The quantitative estimate of drug-likeness (QED) is 0.519. The molecule has 0 heterocycles. The van der Waals surface area contributed by atoms with E-state index in [1.54, 1.807) is 54.6 Å². The number of hydrogen-bond acceptors (Lipinski definition) is 5. The van der Waals surface area contributed by atoms with Gasteiger partial charge in [-0.3, -0.25) is 9.10 Å². The number of carbonyl (C=O) groups excluding carboxylic acids is 1. The summed E-state index contributed by atoms with van der Waals surface area (Å²) in [5.41, 5.74) is 1.63. The first-order valence-electron chi connectivity index (χ1n) is 9.61. The van der Waals surface area contributed by atoms with Crippen LogP contribution >= 0.6 is 11.6 Å². The van der Waals surface area contributed by atoms with Crippen LogP contribution in [0.3, 0.4) is 0 Å². The number of ether oxygens (including phenoxy) is 2. The molecule has 3 rings (SSSR count). The molecule has 1 amide bonds. The minimum atomic E-state index is -4.02. The number of amides is 1. The zero-order chi connectivity index (χ0) is 23.3. The smallest absolute Gasteiger partial charge is 0.264 e. The maximum atomic E-state index is 13.4. The van der Waals surface area contributed by atoms with Crippen LogP contribution in [0.2, 0.25) is 5.02 Å². The molecule has 32 heavy (non-hydrogen) atoms. The van der Waals surface area contributed by atoms with E-state index in [1.165, 1.54) is 26.4 Å². The maximum absolute atomic E-state index is 13.4. The number of sulfonamides is 1. The molecule has 3 aromatic rings. The summed E-state index contributed by atoms with van der Waals surface area (Å²) in [6.07, 6.45) is 0. The van der Waals surface area contributed by atoms with Crippen molar-refractivity contribution in [3.8, 4) is 11.5 Å². The Hall–Kier alpha value is -3.23. The Bertz CT molecular complexity index is 1200. The first-order chi connectivity index (χ1) is 15.2. The van der Waals surface area contributed by atoms with Gasteiger partial charge in [0.1, 0.15) is 18.0 Å². The third-order valence-electron chi connectivity index (χ3n) is 4.69. The highest BCUT2D eigenvalue weighted by atomic mass is 35.5. The van der Waals surface area contributed by atoms with Crippen molar-refractivity contribution in [3.63, 3.8) is 0 Å². The number of rotatable bonds is 8. The minimum Gasteiger partial charge on any atom is -0.497 e. The van der Waals surface area contributed by atoms with Crippen LogP contribution in [0, 0.1) is 6.92 Å². The summed E-state index contributed by atoms with van der Waals surface area (Å²) < 4.78 is 38.3. The molecule has 0 fully saturated rings. The molecule has 7 nitrogen and oxygen atoms in total. The summed E-state index contributed by atoms with van der Waals surface area (Å²) >= 11 is 5.96. The first-order valence-corrected chi connectivity index (χ1v) is 11.4. The standard InChI is InChI=1S/C23H23ClN2O5S/c1-16-4-11-20(12-5-16)32(28,29)26(18-8-6-17(24)7-9-18)15-23(27)25-21-13-10-19(30-2)14-22(21)31-3/h4-14H,15H2,1-3H3,(H,25,27). The van der Waals surface area contributed by atoms with Crippen molar-refractivity contribution >= 4 is 38.9 Å². The Morgan fingerprint density at radius 3 is 2.22 bits per heavy atom.